The summed E-state index contributed by atoms with van der Waals surface area (Å²) in [5.74, 6) is -0.703. The van der Waals surface area contributed by atoms with Gasteiger partial charge in [-0.15, -0.1) is 0 Å². The average Bonchev–Trinajstić information content (AvgIpc) is 2.86. The second kappa shape index (κ2) is 13.3. The molecule has 0 aliphatic carbocycles. The smallest absolute Gasteiger partial charge is 0.443 e. The molecule has 11 heteroatoms. The summed E-state index contributed by atoms with van der Waals surface area (Å²) >= 11 is 3.42. The highest BCUT2D eigenvalue weighted by Crippen LogP contribution is 2.40. The van der Waals surface area contributed by atoms with Crippen LogP contribution in [0.15, 0.2) is 54.6 Å². The minimum Gasteiger partial charge on any atom is -0.443 e. The number of imide groups is 1. The monoisotopic (exact) mass is 671 g/mol. The van der Waals surface area contributed by atoms with Gasteiger partial charge in [0.05, 0.1) is 5.69 Å². The maximum absolute atomic E-state index is 13.6. The Morgan fingerprint density at radius 1 is 0.682 bits per heavy atom. The van der Waals surface area contributed by atoms with Crippen molar-refractivity contribution in [3.63, 3.8) is 0 Å². The number of carbonyl (C=O) groups is 4. The van der Waals surface area contributed by atoms with Gasteiger partial charge in [-0.25, -0.2) is 19.2 Å². The molecule has 0 saturated carbocycles. The van der Waals surface area contributed by atoms with Crippen molar-refractivity contribution in [2.45, 2.75) is 84.4 Å². The third kappa shape index (κ3) is 9.19. The van der Waals surface area contributed by atoms with E-state index >= 15 is 0 Å². The van der Waals surface area contributed by atoms with Gasteiger partial charge in [0, 0.05) is 16.1 Å². The first kappa shape index (κ1) is 34.4. The minimum atomic E-state index is -1.07. The lowest BCUT2D eigenvalue weighted by atomic mass is 9.98. The lowest BCUT2D eigenvalue weighted by Crippen LogP contribution is -2.44. The summed E-state index contributed by atoms with van der Waals surface area (Å²) in [6, 6.07) is 14.7. The first-order chi connectivity index (χ1) is 20.3. The highest BCUT2D eigenvalue weighted by molar-refractivity contribution is 9.08. The number of carbonyl (C=O) groups excluding carboxylic acids is 4. The van der Waals surface area contributed by atoms with Gasteiger partial charge in [-0.05, 0) is 92.1 Å². The lowest BCUT2D eigenvalue weighted by Gasteiger charge is -2.29. The Bertz CT molecular complexity index is 1520. The maximum Gasteiger partial charge on any atom is 0.514 e. The average molecular weight is 673 g/mol. The minimum absolute atomic E-state index is 0.0534. The van der Waals surface area contributed by atoms with Gasteiger partial charge in [0.1, 0.15) is 28.1 Å². The first-order valence-corrected chi connectivity index (χ1v) is 15.0. The van der Waals surface area contributed by atoms with Crippen LogP contribution in [0.1, 0.15) is 78.2 Å². The van der Waals surface area contributed by atoms with Crippen LogP contribution in [0.3, 0.4) is 0 Å². The SMILES string of the molecule is CC(C)(C)OC(=O)Oc1c(C(=O)Oc2ccccc2)c(CBr)cc2c(N(C(=O)OC(C)(C)C)C(=O)OC(C)(C)C)cccc12. The zero-order chi connectivity index (χ0) is 33.0. The molecule has 0 saturated heterocycles. The highest BCUT2D eigenvalue weighted by Gasteiger charge is 2.35. The van der Waals surface area contributed by atoms with Gasteiger partial charge in [0.25, 0.3) is 0 Å². The van der Waals surface area contributed by atoms with Crippen LogP contribution in [0.2, 0.25) is 0 Å². The van der Waals surface area contributed by atoms with Gasteiger partial charge >= 0.3 is 24.3 Å². The summed E-state index contributed by atoms with van der Waals surface area (Å²) in [5.41, 5.74) is -2.42. The van der Waals surface area contributed by atoms with E-state index in [0.29, 0.717) is 5.56 Å². The van der Waals surface area contributed by atoms with Crippen LogP contribution in [0.5, 0.6) is 11.5 Å². The number of anilines is 1. The number of nitrogens with zero attached hydrogens (tertiary/aromatic N) is 1. The van der Waals surface area contributed by atoms with E-state index in [2.05, 4.69) is 15.9 Å². The van der Waals surface area contributed by atoms with E-state index in [0.717, 1.165) is 4.90 Å². The van der Waals surface area contributed by atoms with Gasteiger partial charge in [-0.2, -0.15) is 4.90 Å². The van der Waals surface area contributed by atoms with Crippen molar-refractivity contribution in [3.05, 3.63) is 65.7 Å². The number of ether oxygens (including phenoxy) is 5. The van der Waals surface area contributed by atoms with Crippen LogP contribution in [0.25, 0.3) is 10.8 Å². The molecule has 0 aromatic heterocycles. The van der Waals surface area contributed by atoms with Gasteiger partial charge < -0.3 is 23.7 Å². The molecule has 0 spiro atoms. The van der Waals surface area contributed by atoms with E-state index in [1.54, 1.807) is 111 Å². The third-order valence-electron chi connectivity index (χ3n) is 5.46. The lowest BCUT2D eigenvalue weighted by molar-refractivity contribution is 0.0205. The van der Waals surface area contributed by atoms with Crippen molar-refractivity contribution in [1.82, 2.24) is 0 Å². The summed E-state index contributed by atoms with van der Waals surface area (Å²) in [5, 5.41) is 0.615. The topological polar surface area (TPSA) is 118 Å². The number of hydrogen-bond donors (Lipinski definition) is 0. The van der Waals surface area contributed by atoms with Crippen LogP contribution in [0.4, 0.5) is 20.1 Å². The fourth-order valence-corrected chi connectivity index (χ4v) is 4.39. The number of fused-ring (bicyclic) bond motifs is 1. The standard InChI is InChI=1S/C33H38BrNO9/c1-31(2,3)42-28(37)35(29(38)43-32(4,5)6)24-17-13-16-22-23(24)18-20(19-34)25(26(22)41-30(39)44-33(7,8)9)27(36)40-21-14-11-10-12-15-21/h10-18H,19H2,1-9H3. The van der Waals surface area contributed by atoms with Crippen LogP contribution in [0, 0.1) is 0 Å². The number of hydrogen-bond acceptors (Lipinski definition) is 9. The number of benzene rings is 3. The van der Waals surface area contributed by atoms with Gasteiger partial charge in [0.2, 0.25) is 0 Å². The molecule has 236 valence electrons. The molecule has 0 unspecified atom stereocenters. The second-order valence-corrected chi connectivity index (χ2v) is 13.4. The summed E-state index contributed by atoms with van der Waals surface area (Å²) in [6.45, 7) is 15.0. The normalized spacial score (nSPS) is 11.9. The van der Waals surface area contributed by atoms with E-state index in [1.807, 2.05) is 0 Å². The molecule has 10 nitrogen and oxygen atoms in total. The van der Waals surface area contributed by atoms with Crippen molar-refractivity contribution in [3.8, 4) is 11.5 Å². The molecule has 0 N–H and O–H groups in total. The Labute approximate surface area is 265 Å². The van der Waals surface area contributed by atoms with E-state index in [1.165, 1.54) is 6.07 Å². The molecule has 3 aromatic carbocycles. The molecule has 0 heterocycles. The summed E-state index contributed by atoms with van der Waals surface area (Å²) < 4.78 is 27.9. The highest BCUT2D eigenvalue weighted by atomic mass is 79.9. The fourth-order valence-electron chi connectivity index (χ4n) is 3.95. The van der Waals surface area contributed by atoms with Crippen LogP contribution < -0.4 is 14.4 Å². The maximum atomic E-state index is 13.6. The molecule has 0 bridgehead atoms. The fraction of sp³-hybridized carbons (Fsp3) is 0.394. The van der Waals surface area contributed by atoms with Crippen molar-refractivity contribution < 1.29 is 42.9 Å². The zero-order valence-corrected chi connectivity index (χ0v) is 28.0. The Balaban J connectivity index is 2.33. The Morgan fingerprint density at radius 2 is 1.23 bits per heavy atom. The summed E-state index contributed by atoms with van der Waals surface area (Å²) in [6.07, 6.45) is -3.04. The molecule has 0 fully saturated rings. The summed E-state index contributed by atoms with van der Waals surface area (Å²) in [7, 11) is 0. The van der Waals surface area contributed by atoms with E-state index < -0.39 is 41.1 Å². The van der Waals surface area contributed by atoms with Crippen molar-refractivity contribution >= 4 is 56.7 Å². The van der Waals surface area contributed by atoms with E-state index in [4.69, 9.17) is 23.7 Å². The predicted molar refractivity (Wildman–Crippen MR) is 170 cm³/mol. The van der Waals surface area contributed by atoms with Crippen LogP contribution in [-0.4, -0.2) is 41.1 Å². The van der Waals surface area contributed by atoms with Crippen LogP contribution in [-0.2, 0) is 19.5 Å². The quantitative estimate of drug-likeness (QED) is 0.0861. The summed E-state index contributed by atoms with van der Waals surface area (Å²) in [4.78, 5) is 54.4. The van der Waals surface area contributed by atoms with Crippen LogP contribution >= 0.6 is 15.9 Å². The van der Waals surface area contributed by atoms with E-state index in [9.17, 15) is 19.2 Å². The molecule has 0 atom stereocenters. The molecular weight excluding hydrogens is 634 g/mol. The number of amides is 2. The number of alkyl halides is 1. The molecule has 44 heavy (non-hydrogen) atoms. The molecule has 0 aliphatic rings. The van der Waals surface area contributed by atoms with Crippen molar-refractivity contribution in [2.75, 3.05) is 4.90 Å². The number of esters is 1. The third-order valence-corrected chi connectivity index (χ3v) is 6.07. The second-order valence-electron chi connectivity index (χ2n) is 12.8. The Hall–Kier alpha value is -4.12. The molecule has 0 aliphatic heterocycles. The molecule has 3 rings (SSSR count). The molecule has 3 aromatic rings. The zero-order valence-electron chi connectivity index (χ0n) is 26.4. The molecular formula is C33H38BrNO9. The first-order valence-electron chi connectivity index (χ1n) is 13.9. The van der Waals surface area contributed by atoms with Crippen molar-refractivity contribution in [2.24, 2.45) is 0 Å². The van der Waals surface area contributed by atoms with E-state index in [-0.39, 0.29) is 38.9 Å². The number of rotatable bonds is 5. The van der Waals surface area contributed by atoms with Gasteiger partial charge in [-0.3, -0.25) is 0 Å². The number of para-hydroxylation sites is 1. The number of halogens is 1. The van der Waals surface area contributed by atoms with Crippen molar-refractivity contribution in [1.29, 1.82) is 0 Å². The Morgan fingerprint density at radius 3 is 1.73 bits per heavy atom. The Kier molecular flexibility index (Phi) is 10.4. The van der Waals surface area contributed by atoms with Gasteiger partial charge in [-0.1, -0.05) is 46.3 Å². The largest absolute Gasteiger partial charge is 0.514 e. The van der Waals surface area contributed by atoms with Gasteiger partial charge in [0.15, 0.2) is 5.75 Å². The molecule has 0 radical (unpaired) electrons. The predicted octanol–water partition coefficient (Wildman–Crippen LogP) is 8.94. The molecule has 2 amide bonds.